The number of hydrogen-bond donors (Lipinski definition) is 2. The average Bonchev–Trinajstić information content (AvgIpc) is 2.36. The number of rotatable bonds is 6. The van der Waals surface area contributed by atoms with Crippen LogP contribution in [0.1, 0.15) is 46.0 Å². The quantitative estimate of drug-likeness (QED) is 0.749. The van der Waals surface area contributed by atoms with Crippen molar-refractivity contribution in [1.82, 2.24) is 4.90 Å². The van der Waals surface area contributed by atoms with Gasteiger partial charge in [-0.25, -0.2) is 0 Å². The molecule has 19 heavy (non-hydrogen) atoms. The predicted octanol–water partition coefficient (Wildman–Crippen LogP) is 0.864. The lowest BCUT2D eigenvalue weighted by Crippen LogP contribution is -2.43. The van der Waals surface area contributed by atoms with Crippen molar-refractivity contribution < 1.29 is 9.59 Å². The van der Waals surface area contributed by atoms with Gasteiger partial charge in [-0.05, 0) is 57.9 Å². The maximum Gasteiger partial charge on any atom is 0.237 e. The second-order valence-corrected chi connectivity index (χ2v) is 5.91. The predicted molar refractivity (Wildman–Crippen MR) is 75.2 cm³/mol. The zero-order chi connectivity index (χ0) is 14.4. The molecule has 0 aromatic rings. The minimum Gasteiger partial charge on any atom is -0.368 e. The monoisotopic (exact) mass is 269 g/mol. The number of carbonyl (C=O) groups excluding carboxylic acids is 2. The van der Waals surface area contributed by atoms with Crippen LogP contribution in [0.5, 0.6) is 0 Å². The van der Waals surface area contributed by atoms with E-state index in [1.807, 2.05) is 13.8 Å². The molecular formula is C14H27N3O2. The van der Waals surface area contributed by atoms with Gasteiger partial charge in [0, 0.05) is 12.5 Å². The van der Waals surface area contributed by atoms with Crippen LogP contribution in [0.15, 0.2) is 0 Å². The summed E-state index contributed by atoms with van der Waals surface area (Å²) in [5, 5.41) is 0. The molecule has 1 rings (SSSR count). The molecule has 0 atom stereocenters. The second-order valence-electron chi connectivity index (χ2n) is 5.91. The first-order chi connectivity index (χ1) is 8.93. The fourth-order valence-corrected chi connectivity index (χ4v) is 2.76. The average molecular weight is 269 g/mol. The van der Waals surface area contributed by atoms with Gasteiger partial charge in [0.05, 0.1) is 6.54 Å². The SMILES string of the molecule is CC(C)N(CC(N)=O)C(=O)CC1CCC(CN)CC1. The Morgan fingerprint density at radius 1 is 1.16 bits per heavy atom. The van der Waals surface area contributed by atoms with Crippen LogP contribution in [0, 0.1) is 11.8 Å². The van der Waals surface area contributed by atoms with Gasteiger partial charge in [-0.1, -0.05) is 0 Å². The van der Waals surface area contributed by atoms with Crippen LogP contribution in [0.2, 0.25) is 0 Å². The molecule has 1 fully saturated rings. The van der Waals surface area contributed by atoms with Crippen LogP contribution in [0.3, 0.4) is 0 Å². The van der Waals surface area contributed by atoms with Crippen molar-refractivity contribution in [2.75, 3.05) is 13.1 Å². The fourth-order valence-electron chi connectivity index (χ4n) is 2.76. The molecule has 0 unspecified atom stereocenters. The van der Waals surface area contributed by atoms with Gasteiger partial charge in [-0.2, -0.15) is 0 Å². The van der Waals surface area contributed by atoms with Crippen molar-refractivity contribution in [3.8, 4) is 0 Å². The topological polar surface area (TPSA) is 89.4 Å². The summed E-state index contributed by atoms with van der Waals surface area (Å²) in [6.07, 6.45) is 4.90. The highest BCUT2D eigenvalue weighted by Gasteiger charge is 2.26. The number of nitrogens with zero attached hydrogens (tertiary/aromatic N) is 1. The summed E-state index contributed by atoms with van der Waals surface area (Å²) in [5.74, 6) is 0.654. The summed E-state index contributed by atoms with van der Waals surface area (Å²) >= 11 is 0. The Bertz CT molecular complexity index is 310. The lowest BCUT2D eigenvalue weighted by molar-refractivity contribution is -0.138. The zero-order valence-electron chi connectivity index (χ0n) is 12.1. The largest absolute Gasteiger partial charge is 0.368 e. The molecule has 0 heterocycles. The first-order valence-electron chi connectivity index (χ1n) is 7.21. The van der Waals surface area contributed by atoms with E-state index in [4.69, 9.17) is 11.5 Å². The van der Waals surface area contributed by atoms with Gasteiger partial charge >= 0.3 is 0 Å². The van der Waals surface area contributed by atoms with Crippen LogP contribution in [-0.2, 0) is 9.59 Å². The van der Waals surface area contributed by atoms with E-state index in [9.17, 15) is 9.59 Å². The van der Waals surface area contributed by atoms with Crippen molar-refractivity contribution in [3.63, 3.8) is 0 Å². The Kier molecular flexibility index (Phi) is 6.28. The molecule has 1 saturated carbocycles. The molecule has 1 aliphatic carbocycles. The molecule has 0 radical (unpaired) electrons. The van der Waals surface area contributed by atoms with Gasteiger partial charge in [0.1, 0.15) is 0 Å². The molecular weight excluding hydrogens is 242 g/mol. The highest BCUT2D eigenvalue weighted by Crippen LogP contribution is 2.30. The van der Waals surface area contributed by atoms with E-state index < -0.39 is 5.91 Å². The van der Waals surface area contributed by atoms with E-state index in [1.54, 1.807) is 4.90 Å². The van der Waals surface area contributed by atoms with Crippen molar-refractivity contribution in [2.45, 2.75) is 52.0 Å². The summed E-state index contributed by atoms with van der Waals surface area (Å²) in [5.41, 5.74) is 10.9. The van der Waals surface area contributed by atoms with E-state index in [1.165, 1.54) is 0 Å². The Morgan fingerprint density at radius 3 is 2.11 bits per heavy atom. The second kappa shape index (κ2) is 7.48. The normalized spacial score (nSPS) is 23.4. The third kappa shape index (κ3) is 5.19. The number of nitrogens with two attached hydrogens (primary N) is 2. The molecule has 0 aromatic carbocycles. The van der Waals surface area contributed by atoms with Crippen molar-refractivity contribution in [2.24, 2.45) is 23.3 Å². The Hall–Kier alpha value is -1.10. The first-order valence-corrected chi connectivity index (χ1v) is 7.21. The number of hydrogen-bond acceptors (Lipinski definition) is 3. The molecule has 4 N–H and O–H groups in total. The first kappa shape index (κ1) is 16.0. The van der Waals surface area contributed by atoms with E-state index in [0.717, 1.165) is 32.2 Å². The Labute approximate surface area is 115 Å². The summed E-state index contributed by atoms with van der Waals surface area (Å²) < 4.78 is 0. The molecule has 1 aliphatic rings. The molecule has 0 saturated heterocycles. The summed E-state index contributed by atoms with van der Waals surface area (Å²) in [4.78, 5) is 24.8. The van der Waals surface area contributed by atoms with Crippen LogP contribution in [0.4, 0.5) is 0 Å². The van der Waals surface area contributed by atoms with Gasteiger partial charge < -0.3 is 16.4 Å². The Morgan fingerprint density at radius 2 is 1.68 bits per heavy atom. The fraction of sp³-hybridized carbons (Fsp3) is 0.857. The van der Waals surface area contributed by atoms with E-state index >= 15 is 0 Å². The molecule has 0 aliphatic heterocycles. The zero-order valence-corrected chi connectivity index (χ0v) is 12.1. The third-order valence-electron chi connectivity index (χ3n) is 4.03. The third-order valence-corrected chi connectivity index (χ3v) is 4.03. The molecule has 0 bridgehead atoms. The van der Waals surface area contributed by atoms with E-state index in [-0.39, 0.29) is 18.5 Å². The van der Waals surface area contributed by atoms with E-state index in [0.29, 0.717) is 18.3 Å². The van der Waals surface area contributed by atoms with Gasteiger partial charge in [-0.3, -0.25) is 9.59 Å². The van der Waals surface area contributed by atoms with Gasteiger partial charge in [0.15, 0.2) is 0 Å². The van der Waals surface area contributed by atoms with Crippen molar-refractivity contribution in [3.05, 3.63) is 0 Å². The molecule has 0 aromatic heterocycles. The maximum absolute atomic E-state index is 12.2. The smallest absolute Gasteiger partial charge is 0.237 e. The van der Waals surface area contributed by atoms with Crippen LogP contribution in [-0.4, -0.2) is 35.8 Å². The number of primary amides is 1. The maximum atomic E-state index is 12.2. The Balaban J connectivity index is 2.46. The molecule has 0 spiro atoms. The standard InChI is InChI=1S/C14H27N3O2/c1-10(2)17(9-13(16)18)14(19)7-11-3-5-12(8-15)6-4-11/h10-12H,3-9,15H2,1-2H3,(H2,16,18). The lowest BCUT2D eigenvalue weighted by atomic mass is 9.80. The summed E-state index contributed by atoms with van der Waals surface area (Å²) in [6, 6.07) is 0.0142. The van der Waals surface area contributed by atoms with E-state index in [2.05, 4.69) is 0 Å². The van der Waals surface area contributed by atoms with Gasteiger partial charge in [0.2, 0.25) is 11.8 Å². The highest BCUT2D eigenvalue weighted by atomic mass is 16.2. The van der Waals surface area contributed by atoms with Crippen LogP contribution < -0.4 is 11.5 Å². The minimum absolute atomic E-state index is 0.0142. The molecule has 5 heteroatoms. The lowest BCUT2D eigenvalue weighted by Gasteiger charge is -2.31. The molecule has 5 nitrogen and oxygen atoms in total. The van der Waals surface area contributed by atoms with Crippen molar-refractivity contribution in [1.29, 1.82) is 0 Å². The minimum atomic E-state index is -0.450. The number of amides is 2. The summed E-state index contributed by atoms with van der Waals surface area (Å²) in [7, 11) is 0. The number of carbonyl (C=O) groups is 2. The van der Waals surface area contributed by atoms with Gasteiger partial charge in [-0.15, -0.1) is 0 Å². The highest BCUT2D eigenvalue weighted by molar-refractivity contribution is 5.84. The molecule has 110 valence electrons. The van der Waals surface area contributed by atoms with Gasteiger partial charge in [0.25, 0.3) is 0 Å². The van der Waals surface area contributed by atoms with Crippen LogP contribution >= 0.6 is 0 Å². The summed E-state index contributed by atoms with van der Waals surface area (Å²) in [6.45, 7) is 4.59. The van der Waals surface area contributed by atoms with Crippen molar-refractivity contribution >= 4 is 11.8 Å². The van der Waals surface area contributed by atoms with Crippen LogP contribution in [0.25, 0.3) is 0 Å². The molecule has 2 amide bonds.